The van der Waals surface area contributed by atoms with E-state index in [1.807, 2.05) is 23.1 Å². The van der Waals surface area contributed by atoms with Gasteiger partial charge in [-0.3, -0.25) is 9.58 Å². The average Bonchev–Trinajstić information content (AvgIpc) is 3.80. The molecule has 4 aromatic rings. The van der Waals surface area contributed by atoms with E-state index >= 15 is 0 Å². The van der Waals surface area contributed by atoms with E-state index in [0.29, 0.717) is 38.0 Å². The fourth-order valence-electron chi connectivity index (χ4n) is 6.80. The normalized spacial score (nSPS) is 24.5. The number of H-pyrrole nitrogens is 1. The number of hydrogen-bond donors (Lipinski definition) is 2. The molecule has 2 N–H and O–H groups in total. The smallest absolute Gasteiger partial charge is 0.433 e. The standard InChI is InChI=1S/C31H34F3N9O2/c32-31(33,34)26-11-20(15-37-22-4-10-44-18-22)12-27(41-26)45-24-2-8-42(9-3-24)23-13-30(14-23,5-6-35)43-17-21(16-40-43)28-25-1-7-36-29(25)39-19-38-28/h1,7,11-12,16-17,19,22-24,37H,2-5,8-10,13-15,18H2,(H,36,38,39)/t22-,23-,30-/m1/s1. The molecule has 2 aliphatic heterocycles. The molecule has 14 heteroatoms. The zero-order chi connectivity index (χ0) is 31.0. The van der Waals surface area contributed by atoms with Crippen molar-refractivity contribution in [1.29, 1.82) is 5.26 Å². The maximum atomic E-state index is 13.6. The first kappa shape index (κ1) is 29.6. The minimum absolute atomic E-state index is 0.00881. The highest BCUT2D eigenvalue weighted by atomic mass is 19.4. The topological polar surface area (TPSA) is 130 Å². The number of aromatic amines is 1. The lowest BCUT2D eigenvalue weighted by molar-refractivity contribution is -0.141. The molecule has 236 valence electrons. The van der Waals surface area contributed by atoms with Gasteiger partial charge in [-0.15, -0.1) is 0 Å². The number of rotatable bonds is 9. The molecule has 7 rings (SSSR count). The highest BCUT2D eigenvalue weighted by molar-refractivity contribution is 5.90. The minimum atomic E-state index is -4.56. The molecule has 6 heterocycles. The van der Waals surface area contributed by atoms with Gasteiger partial charge >= 0.3 is 6.18 Å². The van der Waals surface area contributed by atoms with Crippen LogP contribution in [0.15, 0.2) is 43.1 Å². The van der Waals surface area contributed by atoms with E-state index < -0.39 is 17.4 Å². The number of piperidine rings is 1. The summed E-state index contributed by atoms with van der Waals surface area (Å²) in [5, 5.41) is 18.5. The van der Waals surface area contributed by atoms with Gasteiger partial charge in [-0.1, -0.05) is 0 Å². The number of likely N-dealkylation sites (tertiary alicyclic amines) is 1. The van der Waals surface area contributed by atoms with Crippen molar-refractivity contribution < 1.29 is 22.6 Å². The Kier molecular flexibility index (Phi) is 7.93. The lowest BCUT2D eigenvalue weighted by Gasteiger charge is -2.52. The second kappa shape index (κ2) is 12.0. The Balaban J connectivity index is 0.972. The maximum absolute atomic E-state index is 13.6. The van der Waals surface area contributed by atoms with Crippen LogP contribution in [-0.4, -0.2) is 79.1 Å². The number of nitriles is 1. The van der Waals surface area contributed by atoms with Crippen molar-refractivity contribution in [1.82, 2.24) is 39.9 Å². The van der Waals surface area contributed by atoms with Gasteiger partial charge in [0, 0.05) is 67.7 Å². The van der Waals surface area contributed by atoms with Gasteiger partial charge in [0.05, 0.1) is 36.5 Å². The van der Waals surface area contributed by atoms with Gasteiger partial charge in [0.15, 0.2) is 0 Å². The molecule has 2 saturated heterocycles. The van der Waals surface area contributed by atoms with Crippen LogP contribution in [0.25, 0.3) is 22.3 Å². The molecule has 0 bridgehead atoms. The summed E-state index contributed by atoms with van der Waals surface area (Å²) >= 11 is 0. The van der Waals surface area contributed by atoms with Crippen LogP contribution in [-0.2, 0) is 23.0 Å². The fourth-order valence-corrected chi connectivity index (χ4v) is 6.80. The van der Waals surface area contributed by atoms with Crippen LogP contribution in [0.3, 0.4) is 0 Å². The van der Waals surface area contributed by atoms with Crippen molar-refractivity contribution in [3.8, 4) is 23.2 Å². The van der Waals surface area contributed by atoms with E-state index in [1.54, 1.807) is 12.3 Å². The van der Waals surface area contributed by atoms with Crippen LogP contribution < -0.4 is 10.1 Å². The molecular formula is C31H34F3N9O2. The summed E-state index contributed by atoms with van der Waals surface area (Å²) in [5.74, 6) is 0.00881. The average molecular weight is 622 g/mol. The number of halogens is 3. The first-order valence-electron chi connectivity index (χ1n) is 15.3. The van der Waals surface area contributed by atoms with E-state index in [9.17, 15) is 18.4 Å². The number of fused-ring (bicyclic) bond motifs is 1. The molecule has 1 aliphatic carbocycles. The minimum Gasteiger partial charge on any atom is -0.474 e. The van der Waals surface area contributed by atoms with Crippen molar-refractivity contribution in [3.05, 3.63) is 54.4 Å². The Bertz CT molecular complexity index is 1680. The Morgan fingerprint density at radius 3 is 2.78 bits per heavy atom. The SMILES string of the molecule is N#CC[C@]1(n2cc(-c3ncnc4[nH]ccc34)cn2)C[C@H](N2CCC(Oc3cc(CN[C@@H]4CCOC4)cc(C(F)(F)F)n3)CC2)C1. The van der Waals surface area contributed by atoms with Gasteiger partial charge in [-0.2, -0.15) is 23.5 Å². The third kappa shape index (κ3) is 6.12. The molecule has 1 saturated carbocycles. The molecule has 0 spiro atoms. The van der Waals surface area contributed by atoms with Crippen LogP contribution in [0.1, 0.15) is 49.8 Å². The molecular weight excluding hydrogens is 587 g/mol. The molecule has 0 aromatic carbocycles. The molecule has 4 aromatic heterocycles. The summed E-state index contributed by atoms with van der Waals surface area (Å²) in [7, 11) is 0. The summed E-state index contributed by atoms with van der Waals surface area (Å²) < 4.78 is 54.2. The Morgan fingerprint density at radius 2 is 2.02 bits per heavy atom. The van der Waals surface area contributed by atoms with E-state index in [4.69, 9.17) is 9.47 Å². The maximum Gasteiger partial charge on any atom is 0.433 e. The summed E-state index contributed by atoms with van der Waals surface area (Å²) in [6.07, 6.45) is 6.43. The number of aromatic nitrogens is 6. The van der Waals surface area contributed by atoms with E-state index in [-0.39, 0.29) is 30.6 Å². The third-order valence-corrected chi connectivity index (χ3v) is 9.29. The fraction of sp³-hybridized carbons (Fsp3) is 0.516. The van der Waals surface area contributed by atoms with Gasteiger partial charge in [0.25, 0.3) is 0 Å². The summed E-state index contributed by atoms with van der Waals surface area (Å²) in [5.41, 5.74) is 1.56. The van der Waals surface area contributed by atoms with Crippen LogP contribution >= 0.6 is 0 Å². The Morgan fingerprint density at radius 1 is 1.18 bits per heavy atom. The second-order valence-corrected chi connectivity index (χ2v) is 12.2. The molecule has 0 amide bonds. The van der Waals surface area contributed by atoms with E-state index in [2.05, 4.69) is 41.3 Å². The molecule has 45 heavy (non-hydrogen) atoms. The Hall–Kier alpha value is -4.06. The number of hydrogen-bond acceptors (Lipinski definition) is 9. The molecule has 3 aliphatic rings. The van der Waals surface area contributed by atoms with Crippen molar-refractivity contribution in [2.75, 3.05) is 26.3 Å². The molecule has 11 nitrogen and oxygen atoms in total. The monoisotopic (exact) mass is 621 g/mol. The van der Waals surface area contributed by atoms with Gasteiger partial charge < -0.3 is 19.8 Å². The second-order valence-electron chi connectivity index (χ2n) is 12.2. The van der Waals surface area contributed by atoms with Crippen LogP contribution in [0.5, 0.6) is 5.88 Å². The molecule has 3 fully saturated rings. The molecule has 1 atom stereocenters. The summed E-state index contributed by atoms with van der Waals surface area (Å²) in [6.45, 7) is 3.00. The quantitative estimate of drug-likeness (QED) is 0.279. The van der Waals surface area contributed by atoms with Gasteiger partial charge in [0.1, 0.15) is 23.8 Å². The first-order chi connectivity index (χ1) is 21.8. The van der Waals surface area contributed by atoms with Crippen LogP contribution in [0.4, 0.5) is 13.2 Å². The summed E-state index contributed by atoms with van der Waals surface area (Å²) in [6, 6.07) is 7.39. The molecule has 0 unspecified atom stereocenters. The zero-order valence-corrected chi connectivity index (χ0v) is 24.6. The van der Waals surface area contributed by atoms with E-state index in [0.717, 1.165) is 60.7 Å². The number of nitrogens with zero attached hydrogens (tertiary/aromatic N) is 7. The highest BCUT2D eigenvalue weighted by Gasteiger charge is 2.49. The number of nitrogens with one attached hydrogen (secondary N) is 2. The van der Waals surface area contributed by atoms with Crippen LogP contribution in [0.2, 0.25) is 0 Å². The third-order valence-electron chi connectivity index (χ3n) is 9.29. The van der Waals surface area contributed by atoms with Gasteiger partial charge in [-0.05, 0) is 49.8 Å². The van der Waals surface area contributed by atoms with Crippen molar-refractivity contribution >= 4 is 11.0 Å². The lowest BCUT2D eigenvalue weighted by atomic mass is 9.69. The Labute approximate surface area is 257 Å². The zero-order valence-electron chi connectivity index (χ0n) is 24.6. The number of ether oxygens (including phenoxy) is 2. The predicted octanol–water partition coefficient (Wildman–Crippen LogP) is 4.43. The highest BCUT2D eigenvalue weighted by Crippen LogP contribution is 2.45. The number of pyridine rings is 1. The van der Waals surface area contributed by atoms with Gasteiger partial charge in [0.2, 0.25) is 5.88 Å². The largest absolute Gasteiger partial charge is 0.474 e. The predicted molar refractivity (Wildman–Crippen MR) is 157 cm³/mol. The van der Waals surface area contributed by atoms with Gasteiger partial charge in [-0.25, -0.2) is 15.0 Å². The van der Waals surface area contributed by atoms with Crippen molar-refractivity contribution in [2.45, 2.75) is 75.0 Å². The number of alkyl halides is 3. The molecule has 0 radical (unpaired) electrons. The van der Waals surface area contributed by atoms with Crippen LogP contribution in [0, 0.1) is 11.3 Å². The first-order valence-corrected chi connectivity index (χ1v) is 15.3. The summed E-state index contributed by atoms with van der Waals surface area (Å²) in [4.78, 5) is 18.0. The van der Waals surface area contributed by atoms with Crippen molar-refractivity contribution in [2.24, 2.45) is 0 Å². The van der Waals surface area contributed by atoms with E-state index in [1.165, 1.54) is 6.33 Å². The van der Waals surface area contributed by atoms with Crippen molar-refractivity contribution in [3.63, 3.8) is 0 Å². The lowest BCUT2D eigenvalue weighted by Crippen LogP contribution is -2.58.